The Morgan fingerprint density at radius 3 is 2.62 bits per heavy atom. The maximum atomic E-state index is 12.3. The summed E-state index contributed by atoms with van der Waals surface area (Å²) in [6.07, 6.45) is 0. The third kappa shape index (κ3) is 5.60. The number of morpholine rings is 1. The van der Waals surface area contributed by atoms with Crippen molar-refractivity contribution in [1.82, 2.24) is 25.0 Å². The van der Waals surface area contributed by atoms with E-state index in [1.165, 1.54) is 16.7 Å². The van der Waals surface area contributed by atoms with Gasteiger partial charge in [0.05, 0.1) is 25.5 Å². The first-order valence-corrected chi connectivity index (χ1v) is 9.74. The van der Waals surface area contributed by atoms with E-state index in [4.69, 9.17) is 4.74 Å². The van der Waals surface area contributed by atoms with Crippen molar-refractivity contribution < 1.29 is 14.3 Å². The van der Waals surface area contributed by atoms with Crippen molar-refractivity contribution in [2.24, 2.45) is 5.92 Å². The van der Waals surface area contributed by atoms with Crippen molar-refractivity contribution in [1.29, 1.82) is 0 Å². The van der Waals surface area contributed by atoms with Crippen LogP contribution in [0.25, 0.3) is 0 Å². The fraction of sp³-hybridized carbons (Fsp3) is 0.750. The standard InChI is InChI=1S/C16H28N6O3S/c1-12(2)9-22-15(21-5-7-25-8-6-21)18-19-16(22)26-11-14(24)20(4)10-13(23)17-3/h12H,5-11H2,1-4H3,(H,17,23). The molecule has 1 N–H and O–H groups in total. The van der Waals surface area contributed by atoms with Gasteiger partial charge >= 0.3 is 0 Å². The van der Waals surface area contributed by atoms with Crippen molar-refractivity contribution in [3.8, 4) is 0 Å². The van der Waals surface area contributed by atoms with Gasteiger partial charge in [0.25, 0.3) is 0 Å². The fourth-order valence-corrected chi connectivity index (χ4v) is 3.41. The number of nitrogens with one attached hydrogen (secondary N) is 1. The van der Waals surface area contributed by atoms with Crippen molar-refractivity contribution in [2.45, 2.75) is 25.5 Å². The third-order valence-corrected chi connectivity index (χ3v) is 4.90. The maximum Gasteiger partial charge on any atom is 0.239 e. The summed E-state index contributed by atoms with van der Waals surface area (Å²) in [5.74, 6) is 1.16. The third-order valence-electron chi connectivity index (χ3n) is 3.95. The molecule has 26 heavy (non-hydrogen) atoms. The van der Waals surface area contributed by atoms with Crippen LogP contribution in [0.1, 0.15) is 13.8 Å². The molecule has 146 valence electrons. The van der Waals surface area contributed by atoms with E-state index >= 15 is 0 Å². The SMILES string of the molecule is CNC(=O)CN(C)C(=O)CSc1nnc(N2CCOCC2)n1CC(C)C. The summed E-state index contributed by atoms with van der Waals surface area (Å²) >= 11 is 1.35. The van der Waals surface area contributed by atoms with Gasteiger partial charge in [0, 0.05) is 33.7 Å². The smallest absolute Gasteiger partial charge is 0.239 e. The highest BCUT2D eigenvalue weighted by molar-refractivity contribution is 7.99. The minimum absolute atomic E-state index is 0.0492. The molecule has 0 bridgehead atoms. The molecule has 0 saturated carbocycles. The molecule has 1 aromatic rings. The number of aromatic nitrogens is 3. The van der Waals surface area contributed by atoms with E-state index in [1.54, 1.807) is 14.1 Å². The zero-order valence-electron chi connectivity index (χ0n) is 15.9. The van der Waals surface area contributed by atoms with E-state index in [9.17, 15) is 9.59 Å². The highest BCUT2D eigenvalue weighted by Crippen LogP contribution is 2.24. The molecule has 0 atom stereocenters. The second kappa shape index (κ2) is 9.77. The zero-order chi connectivity index (χ0) is 19.1. The van der Waals surface area contributed by atoms with E-state index in [0.717, 1.165) is 30.7 Å². The van der Waals surface area contributed by atoms with Gasteiger partial charge in [-0.25, -0.2) is 0 Å². The van der Waals surface area contributed by atoms with Crippen LogP contribution < -0.4 is 10.2 Å². The molecule has 0 spiro atoms. The van der Waals surface area contributed by atoms with Gasteiger partial charge < -0.3 is 19.9 Å². The number of anilines is 1. The Labute approximate surface area is 158 Å². The minimum Gasteiger partial charge on any atom is -0.378 e. The number of amides is 2. The van der Waals surface area contributed by atoms with Gasteiger partial charge in [0.2, 0.25) is 17.8 Å². The van der Waals surface area contributed by atoms with E-state index in [0.29, 0.717) is 19.1 Å². The van der Waals surface area contributed by atoms with Crippen LogP contribution in [-0.2, 0) is 20.9 Å². The predicted molar refractivity (Wildman–Crippen MR) is 100 cm³/mol. The summed E-state index contributed by atoms with van der Waals surface area (Å²) in [5.41, 5.74) is 0. The number of carbonyl (C=O) groups excluding carboxylic acids is 2. The molecule has 1 saturated heterocycles. The maximum absolute atomic E-state index is 12.3. The Balaban J connectivity index is 2.04. The Bertz CT molecular complexity index is 615. The summed E-state index contributed by atoms with van der Waals surface area (Å²) in [7, 11) is 3.17. The number of carbonyl (C=O) groups is 2. The lowest BCUT2D eigenvalue weighted by Crippen LogP contribution is -2.38. The van der Waals surface area contributed by atoms with Gasteiger partial charge in [-0.1, -0.05) is 25.6 Å². The van der Waals surface area contributed by atoms with Gasteiger partial charge in [0.1, 0.15) is 0 Å². The number of hydrogen-bond donors (Lipinski definition) is 1. The lowest BCUT2D eigenvalue weighted by molar-refractivity contribution is -0.132. The van der Waals surface area contributed by atoms with Gasteiger partial charge in [-0.2, -0.15) is 0 Å². The highest BCUT2D eigenvalue weighted by Gasteiger charge is 2.22. The van der Waals surface area contributed by atoms with Crippen LogP contribution in [0.2, 0.25) is 0 Å². The van der Waals surface area contributed by atoms with Crippen molar-refractivity contribution in [2.75, 3.05) is 57.6 Å². The normalized spacial score (nSPS) is 14.6. The van der Waals surface area contributed by atoms with Crippen LogP contribution >= 0.6 is 11.8 Å². The first-order chi connectivity index (χ1) is 12.4. The summed E-state index contributed by atoms with van der Waals surface area (Å²) < 4.78 is 7.48. The summed E-state index contributed by atoms with van der Waals surface area (Å²) in [6, 6.07) is 0. The quantitative estimate of drug-likeness (QED) is 0.634. The first-order valence-electron chi connectivity index (χ1n) is 8.75. The molecule has 1 aliphatic rings. The Morgan fingerprint density at radius 2 is 2.00 bits per heavy atom. The molecule has 0 aliphatic carbocycles. The number of ether oxygens (including phenoxy) is 1. The number of nitrogens with zero attached hydrogens (tertiary/aromatic N) is 5. The van der Waals surface area contributed by atoms with Crippen LogP contribution in [0.4, 0.5) is 5.95 Å². The Hall–Kier alpha value is -1.81. The molecule has 2 heterocycles. The molecule has 1 aliphatic heterocycles. The lowest BCUT2D eigenvalue weighted by atomic mass is 10.2. The second-order valence-electron chi connectivity index (χ2n) is 6.60. The zero-order valence-corrected chi connectivity index (χ0v) is 16.7. The molecule has 1 fully saturated rings. The van der Waals surface area contributed by atoms with Crippen LogP contribution in [0, 0.1) is 5.92 Å². The Morgan fingerprint density at radius 1 is 1.31 bits per heavy atom. The highest BCUT2D eigenvalue weighted by atomic mass is 32.2. The van der Waals surface area contributed by atoms with Gasteiger partial charge in [-0.3, -0.25) is 14.2 Å². The lowest BCUT2D eigenvalue weighted by Gasteiger charge is -2.28. The monoisotopic (exact) mass is 384 g/mol. The molecule has 0 aromatic carbocycles. The van der Waals surface area contributed by atoms with Crippen molar-refractivity contribution in [3.63, 3.8) is 0 Å². The van der Waals surface area contributed by atoms with E-state index in [-0.39, 0.29) is 24.1 Å². The molecule has 2 rings (SSSR count). The number of hydrogen-bond acceptors (Lipinski definition) is 7. The number of thioether (sulfide) groups is 1. The van der Waals surface area contributed by atoms with E-state index in [1.807, 2.05) is 0 Å². The largest absolute Gasteiger partial charge is 0.378 e. The second-order valence-corrected chi connectivity index (χ2v) is 7.54. The van der Waals surface area contributed by atoms with Crippen molar-refractivity contribution in [3.05, 3.63) is 0 Å². The van der Waals surface area contributed by atoms with Gasteiger partial charge in [0.15, 0.2) is 5.16 Å². The molecule has 1 aromatic heterocycles. The number of likely N-dealkylation sites (N-methyl/N-ethyl adjacent to an activating group) is 2. The van der Waals surface area contributed by atoms with Crippen LogP contribution in [0.15, 0.2) is 5.16 Å². The van der Waals surface area contributed by atoms with E-state index < -0.39 is 0 Å². The molecular formula is C16H28N6O3S. The summed E-state index contributed by atoms with van der Waals surface area (Å²) in [5, 5.41) is 11.9. The molecule has 10 heteroatoms. The summed E-state index contributed by atoms with van der Waals surface area (Å²) in [4.78, 5) is 27.2. The topological polar surface area (TPSA) is 92.6 Å². The van der Waals surface area contributed by atoms with Crippen LogP contribution in [-0.4, -0.2) is 84.2 Å². The van der Waals surface area contributed by atoms with E-state index in [2.05, 4.69) is 38.8 Å². The first kappa shape index (κ1) is 20.5. The van der Waals surface area contributed by atoms with Gasteiger partial charge in [-0.05, 0) is 5.92 Å². The predicted octanol–water partition coefficient (Wildman–Crippen LogP) is 0.0672. The molecule has 9 nitrogen and oxygen atoms in total. The Kier molecular flexibility index (Phi) is 7.70. The number of rotatable bonds is 8. The minimum atomic E-state index is -0.191. The molecule has 2 amide bonds. The molecule has 0 radical (unpaired) electrons. The van der Waals surface area contributed by atoms with Crippen LogP contribution in [0.5, 0.6) is 0 Å². The average Bonchev–Trinajstić information content (AvgIpc) is 3.02. The van der Waals surface area contributed by atoms with Crippen LogP contribution in [0.3, 0.4) is 0 Å². The fourth-order valence-electron chi connectivity index (χ4n) is 2.53. The van der Waals surface area contributed by atoms with Crippen molar-refractivity contribution >= 4 is 29.5 Å². The molecular weight excluding hydrogens is 356 g/mol. The molecule has 0 unspecified atom stereocenters. The summed E-state index contributed by atoms with van der Waals surface area (Å²) in [6.45, 7) is 8.04. The average molecular weight is 385 g/mol. The van der Waals surface area contributed by atoms with Gasteiger partial charge in [-0.15, -0.1) is 10.2 Å².